The molecule has 0 saturated heterocycles. The number of hydrogen-bond donors (Lipinski definition) is 0. The topological polar surface area (TPSA) is 91.0 Å². The molecule has 0 aromatic carbocycles. The molecule has 0 aliphatic carbocycles. The van der Waals surface area contributed by atoms with Crippen molar-refractivity contribution in [3.8, 4) is 0 Å². The van der Waals surface area contributed by atoms with E-state index < -0.39 is 5.97 Å². The Labute approximate surface area is 101 Å². The van der Waals surface area contributed by atoms with Gasteiger partial charge in [-0.3, -0.25) is 4.98 Å². The van der Waals surface area contributed by atoms with Crippen molar-refractivity contribution < 1.29 is 13.9 Å². The second-order valence-corrected chi connectivity index (χ2v) is 3.89. The van der Waals surface area contributed by atoms with Crippen LogP contribution in [0.2, 0.25) is 0 Å². The number of esters is 1. The van der Waals surface area contributed by atoms with E-state index in [4.69, 9.17) is 4.42 Å². The third kappa shape index (κ3) is 2.78. The van der Waals surface area contributed by atoms with Crippen molar-refractivity contribution in [1.82, 2.24) is 20.2 Å². The molecule has 0 N–H and O–H groups in total. The van der Waals surface area contributed by atoms with Gasteiger partial charge in [-0.2, -0.15) is 0 Å². The van der Waals surface area contributed by atoms with Crippen molar-refractivity contribution in [2.45, 2.75) is 17.2 Å². The maximum Gasteiger partial charge on any atom is 0.358 e. The minimum absolute atomic E-state index is 0.133. The quantitative estimate of drug-likeness (QED) is 0.750. The molecular weight excluding hydrogens is 244 g/mol. The highest BCUT2D eigenvalue weighted by Gasteiger charge is 2.11. The second kappa shape index (κ2) is 4.91. The maximum absolute atomic E-state index is 11.2. The van der Waals surface area contributed by atoms with Gasteiger partial charge in [0.25, 0.3) is 5.22 Å². The maximum atomic E-state index is 11.2. The van der Waals surface area contributed by atoms with Gasteiger partial charge in [-0.1, -0.05) is 0 Å². The van der Waals surface area contributed by atoms with Crippen LogP contribution in [0.3, 0.4) is 0 Å². The molecule has 0 aliphatic rings. The summed E-state index contributed by atoms with van der Waals surface area (Å²) in [5, 5.41) is 8.31. The fourth-order valence-corrected chi connectivity index (χ4v) is 1.69. The summed E-state index contributed by atoms with van der Waals surface area (Å²) in [6.45, 7) is 1.69. The van der Waals surface area contributed by atoms with Gasteiger partial charge in [-0.15, -0.1) is 10.2 Å². The summed E-state index contributed by atoms with van der Waals surface area (Å²) in [6, 6.07) is 0. The number of rotatable bonds is 3. The molecule has 2 rings (SSSR count). The number of hydrogen-bond acceptors (Lipinski definition) is 8. The van der Waals surface area contributed by atoms with E-state index in [1.165, 1.54) is 19.5 Å². The summed E-state index contributed by atoms with van der Waals surface area (Å²) in [7, 11) is 1.28. The Balaban J connectivity index is 2.19. The minimum atomic E-state index is -0.540. The fraction of sp³-hybridized carbons (Fsp3) is 0.222. The predicted octanol–water partition coefficient (Wildman–Crippen LogP) is 1.11. The van der Waals surface area contributed by atoms with Crippen LogP contribution in [0.5, 0.6) is 0 Å². The van der Waals surface area contributed by atoms with Crippen LogP contribution in [-0.2, 0) is 4.74 Å². The molecule has 0 fully saturated rings. The molecule has 0 bridgehead atoms. The van der Waals surface area contributed by atoms with Gasteiger partial charge in [0.15, 0.2) is 5.69 Å². The number of carbonyl (C=O) groups excluding carboxylic acids is 1. The first-order chi connectivity index (χ1) is 8.19. The van der Waals surface area contributed by atoms with E-state index in [9.17, 15) is 4.79 Å². The van der Waals surface area contributed by atoms with Crippen molar-refractivity contribution >= 4 is 17.7 Å². The Bertz CT molecular complexity index is 543. The molecule has 2 heterocycles. The van der Waals surface area contributed by atoms with Gasteiger partial charge in [0, 0.05) is 6.92 Å². The van der Waals surface area contributed by atoms with E-state index in [2.05, 4.69) is 24.9 Å². The molecule has 7 nitrogen and oxygen atoms in total. The zero-order chi connectivity index (χ0) is 12.3. The first-order valence-corrected chi connectivity index (χ1v) is 5.39. The van der Waals surface area contributed by atoms with Crippen LogP contribution in [0.15, 0.2) is 27.1 Å². The molecule has 0 atom stereocenters. The highest BCUT2D eigenvalue weighted by molar-refractivity contribution is 7.99. The van der Waals surface area contributed by atoms with Crippen molar-refractivity contribution in [3.63, 3.8) is 0 Å². The van der Waals surface area contributed by atoms with Gasteiger partial charge in [-0.25, -0.2) is 9.78 Å². The molecule has 0 amide bonds. The van der Waals surface area contributed by atoms with E-state index in [-0.39, 0.29) is 5.69 Å². The number of methoxy groups -OCH3 is 1. The first kappa shape index (κ1) is 11.5. The number of aromatic nitrogens is 4. The average Bonchev–Trinajstić information content (AvgIpc) is 2.74. The van der Waals surface area contributed by atoms with Crippen LogP contribution < -0.4 is 0 Å². The highest BCUT2D eigenvalue weighted by atomic mass is 32.2. The smallest absolute Gasteiger partial charge is 0.358 e. The zero-order valence-corrected chi connectivity index (χ0v) is 9.89. The zero-order valence-electron chi connectivity index (χ0n) is 9.08. The first-order valence-electron chi connectivity index (χ1n) is 4.57. The summed E-state index contributed by atoms with van der Waals surface area (Å²) in [6.07, 6.45) is 2.82. The highest BCUT2D eigenvalue weighted by Crippen LogP contribution is 2.23. The van der Waals surface area contributed by atoms with Crippen LogP contribution in [0.1, 0.15) is 16.4 Å². The van der Waals surface area contributed by atoms with Crippen LogP contribution >= 0.6 is 11.8 Å². The van der Waals surface area contributed by atoms with E-state index in [0.717, 1.165) is 11.8 Å². The van der Waals surface area contributed by atoms with E-state index in [1.807, 2.05) is 0 Å². The van der Waals surface area contributed by atoms with Crippen molar-refractivity contribution in [2.24, 2.45) is 0 Å². The molecule has 0 unspecified atom stereocenters. The Kier molecular flexibility index (Phi) is 3.33. The van der Waals surface area contributed by atoms with Crippen molar-refractivity contribution in [1.29, 1.82) is 0 Å². The Hall–Kier alpha value is -1.96. The number of nitrogens with zero attached hydrogens (tertiary/aromatic N) is 4. The molecule has 0 radical (unpaired) electrons. The lowest BCUT2D eigenvalue weighted by atomic mass is 10.5. The summed E-state index contributed by atoms with van der Waals surface area (Å²) in [5.41, 5.74) is 0.133. The lowest BCUT2D eigenvalue weighted by molar-refractivity contribution is 0.0592. The monoisotopic (exact) mass is 252 g/mol. The normalized spacial score (nSPS) is 10.2. The van der Waals surface area contributed by atoms with Gasteiger partial charge >= 0.3 is 5.97 Å². The minimum Gasteiger partial charge on any atom is -0.464 e. The average molecular weight is 252 g/mol. The third-order valence-corrected chi connectivity index (χ3v) is 2.45. The van der Waals surface area contributed by atoms with Crippen LogP contribution in [0.4, 0.5) is 0 Å². The van der Waals surface area contributed by atoms with Crippen LogP contribution in [0.25, 0.3) is 0 Å². The third-order valence-electron chi connectivity index (χ3n) is 1.71. The van der Waals surface area contributed by atoms with Gasteiger partial charge in [0.2, 0.25) is 5.89 Å². The molecule has 0 aliphatic heterocycles. The lowest BCUT2D eigenvalue weighted by Crippen LogP contribution is -2.05. The summed E-state index contributed by atoms with van der Waals surface area (Å²) in [4.78, 5) is 19.2. The molecular formula is C9H8N4O3S. The molecule has 17 heavy (non-hydrogen) atoms. The summed E-state index contributed by atoms with van der Waals surface area (Å²) < 4.78 is 9.71. The van der Waals surface area contributed by atoms with E-state index >= 15 is 0 Å². The SMILES string of the molecule is COC(=O)c1cncc(Sc2nnc(C)o2)n1. The van der Waals surface area contributed by atoms with Crippen LogP contribution in [0, 0.1) is 6.92 Å². The van der Waals surface area contributed by atoms with Crippen LogP contribution in [-0.4, -0.2) is 33.2 Å². The number of ether oxygens (including phenoxy) is 1. The molecule has 0 spiro atoms. The number of carbonyl (C=O) groups is 1. The second-order valence-electron chi connectivity index (χ2n) is 2.92. The molecule has 0 saturated carbocycles. The van der Waals surface area contributed by atoms with Gasteiger partial charge in [0.1, 0.15) is 5.03 Å². The van der Waals surface area contributed by atoms with Gasteiger partial charge in [-0.05, 0) is 11.8 Å². The molecule has 2 aromatic rings. The Morgan fingerprint density at radius 1 is 1.41 bits per heavy atom. The van der Waals surface area contributed by atoms with Crippen molar-refractivity contribution in [2.75, 3.05) is 7.11 Å². The largest absolute Gasteiger partial charge is 0.464 e. The molecule has 88 valence electrons. The van der Waals surface area contributed by atoms with Gasteiger partial charge in [0.05, 0.1) is 19.5 Å². The van der Waals surface area contributed by atoms with Crippen molar-refractivity contribution in [3.05, 3.63) is 24.0 Å². The van der Waals surface area contributed by atoms with Gasteiger partial charge < -0.3 is 9.15 Å². The molecule has 2 aromatic heterocycles. The fourth-order valence-electron chi connectivity index (χ4n) is 1.01. The van der Waals surface area contributed by atoms with E-state index in [1.54, 1.807) is 6.92 Å². The summed E-state index contributed by atoms with van der Waals surface area (Å²) in [5.74, 6) is -0.0776. The standard InChI is InChI=1S/C9H8N4O3S/c1-5-12-13-9(16-5)17-7-4-10-3-6(11-7)8(14)15-2/h3-4H,1-2H3. The Morgan fingerprint density at radius 2 is 2.24 bits per heavy atom. The Morgan fingerprint density at radius 3 is 2.88 bits per heavy atom. The molecule has 8 heteroatoms. The lowest BCUT2D eigenvalue weighted by Gasteiger charge is -1.99. The van der Waals surface area contributed by atoms with E-state index in [0.29, 0.717) is 16.1 Å². The summed E-state index contributed by atoms with van der Waals surface area (Å²) >= 11 is 1.13. The predicted molar refractivity (Wildman–Crippen MR) is 56.5 cm³/mol. The number of aryl methyl sites for hydroxylation is 1.